The zero-order valence-electron chi connectivity index (χ0n) is 16.2. The molecule has 0 spiro atoms. The number of benzene rings is 1. The number of carbonyl (C=O) groups is 2. The van der Waals surface area contributed by atoms with Gasteiger partial charge in [-0.05, 0) is 51.3 Å². The predicted molar refractivity (Wildman–Crippen MR) is 101 cm³/mol. The monoisotopic (exact) mass is 397 g/mol. The van der Waals surface area contributed by atoms with Gasteiger partial charge in [0.2, 0.25) is 0 Å². The standard InChI is InChI=1S/C19H27NO6S/c1-5-20(16-9-10-27(23,24)12-16)19(22)15(4)26-18(21)11-25-17-8-6-7-13(2)14(17)3/h6-8,15-16H,5,9-12H2,1-4H3/t15-,16-/m0/s1. The van der Waals surface area contributed by atoms with Crippen molar-refractivity contribution in [1.29, 1.82) is 0 Å². The number of hydrogen-bond donors (Lipinski definition) is 0. The highest BCUT2D eigenvalue weighted by Gasteiger charge is 2.36. The van der Waals surface area contributed by atoms with Gasteiger partial charge >= 0.3 is 5.97 Å². The van der Waals surface area contributed by atoms with E-state index in [1.165, 1.54) is 11.8 Å². The van der Waals surface area contributed by atoms with Crippen LogP contribution >= 0.6 is 0 Å². The maximum atomic E-state index is 12.6. The molecule has 0 bridgehead atoms. The van der Waals surface area contributed by atoms with Crippen LogP contribution in [-0.2, 0) is 24.2 Å². The summed E-state index contributed by atoms with van der Waals surface area (Å²) in [5.41, 5.74) is 1.99. The van der Waals surface area contributed by atoms with Gasteiger partial charge in [0, 0.05) is 12.6 Å². The molecule has 1 fully saturated rings. The smallest absolute Gasteiger partial charge is 0.344 e. The van der Waals surface area contributed by atoms with E-state index >= 15 is 0 Å². The molecule has 7 nitrogen and oxygen atoms in total. The summed E-state index contributed by atoms with van der Waals surface area (Å²) in [6, 6.07) is 5.19. The number of likely N-dealkylation sites (N-methyl/N-ethyl adjacent to an activating group) is 1. The molecule has 2 rings (SSSR count). The Balaban J connectivity index is 1.90. The Kier molecular flexibility index (Phi) is 6.86. The molecular weight excluding hydrogens is 370 g/mol. The second-order valence-electron chi connectivity index (χ2n) is 6.80. The number of ether oxygens (including phenoxy) is 2. The molecule has 1 aliphatic rings. The molecule has 150 valence electrons. The van der Waals surface area contributed by atoms with Crippen LogP contribution < -0.4 is 4.74 Å². The molecule has 8 heteroatoms. The number of nitrogens with zero attached hydrogens (tertiary/aromatic N) is 1. The molecule has 0 saturated carbocycles. The van der Waals surface area contributed by atoms with Crippen molar-refractivity contribution in [2.75, 3.05) is 24.7 Å². The van der Waals surface area contributed by atoms with Crippen molar-refractivity contribution in [2.45, 2.75) is 46.3 Å². The summed E-state index contributed by atoms with van der Waals surface area (Å²) < 4.78 is 34.0. The van der Waals surface area contributed by atoms with Crippen LogP contribution in [-0.4, -0.2) is 62.0 Å². The summed E-state index contributed by atoms with van der Waals surface area (Å²) >= 11 is 0. The zero-order valence-corrected chi connectivity index (χ0v) is 17.0. The van der Waals surface area contributed by atoms with E-state index in [0.717, 1.165) is 11.1 Å². The number of esters is 1. The van der Waals surface area contributed by atoms with Crippen molar-refractivity contribution in [3.05, 3.63) is 29.3 Å². The Morgan fingerprint density at radius 1 is 1.30 bits per heavy atom. The van der Waals surface area contributed by atoms with Crippen LogP contribution in [0.4, 0.5) is 0 Å². The van der Waals surface area contributed by atoms with E-state index in [1.54, 1.807) is 13.0 Å². The number of aryl methyl sites for hydroxylation is 1. The SMILES string of the molecule is CCN(C(=O)[C@H](C)OC(=O)COc1cccc(C)c1C)[C@H]1CCS(=O)(=O)C1. The largest absolute Gasteiger partial charge is 0.482 e. The molecule has 0 radical (unpaired) electrons. The molecule has 1 heterocycles. The molecular formula is C19H27NO6S. The summed E-state index contributed by atoms with van der Waals surface area (Å²) in [5.74, 6) is -0.397. The number of hydrogen-bond acceptors (Lipinski definition) is 6. The van der Waals surface area contributed by atoms with Gasteiger partial charge in [-0.3, -0.25) is 4.79 Å². The first-order chi connectivity index (χ1) is 12.6. The lowest BCUT2D eigenvalue weighted by Gasteiger charge is -2.29. The van der Waals surface area contributed by atoms with Gasteiger partial charge in [0.1, 0.15) is 5.75 Å². The van der Waals surface area contributed by atoms with Crippen molar-refractivity contribution in [1.82, 2.24) is 4.90 Å². The van der Waals surface area contributed by atoms with Gasteiger partial charge in [-0.15, -0.1) is 0 Å². The van der Waals surface area contributed by atoms with Crippen LogP contribution in [0.3, 0.4) is 0 Å². The van der Waals surface area contributed by atoms with Crippen LogP contribution in [0, 0.1) is 13.8 Å². The third-order valence-electron chi connectivity index (χ3n) is 4.83. The maximum absolute atomic E-state index is 12.6. The first-order valence-electron chi connectivity index (χ1n) is 9.04. The average molecular weight is 397 g/mol. The molecule has 0 unspecified atom stereocenters. The maximum Gasteiger partial charge on any atom is 0.344 e. The molecule has 1 saturated heterocycles. The second-order valence-corrected chi connectivity index (χ2v) is 9.03. The highest BCUT2D eigenvalue weighted by Crippen LogP contribution is 2.21. The fraction of sp³-hybridized carbons (Fsp3) is 0.579. The second kappa shape index (κ2) is 8.73. The molecule has 1 amide bonds. The lowest BCUT2D eigenvalue weighted by Crippen LogP contribution is -2.46. The molecule has 0 aliphatic carbocycles. The van der Waals surface area contributed by atoms with Crippen molar-refractivity contribution < 1.29 is 27.5 Å². The zero-order chi connectivity index (χ0) is 20.2. The Morgan fingerprint density at radius 3 is 2.59 bits per heavy atom. The quantitative estimate of drug-likeness (QED) is 0.650. The topological polar surface area (TPSA) is 90.0 Å². The summed E-state index contributed by atoms with van der Waals surface area (Å²) in [5, 5.41) is 0. The number of sulfone groups is 1. The van der Waals surface area contributed by atoms with Crippen LogP contribution in [0.25, 0.3) is 0 Å². The Morgan fingerprint density at radius 2 is 2.00 bits per heavy atom. The fourth-order valence-electron chi connectivity index (χ4n) is 3.15. The van der Waals surface area contributed by atoms with E-state index in [2.05, 4.69) is 0 Å². The molecule has 1 aliphatic heterocycles. The van der Waals surface area contributed by atoms with Crippen LogP contribution in [0.15, 0.2) is 18.2 Å². The lowest BCUT2D eigenvalue weighted by molar-refractivity contribution is -0.161. The summed E-state index contributed by atoms with van der Waals surface area (Å²) in [6.45, 7) is 7.18. The molecule has 27 heavy (non-hydrogen) atoms. The van der Waals surface area contributed by atoms with Crippen molar-refractivity contribution in [3.63, 3.8) is 0 Å². The highest BCUT2D eigenvalue weighted by atomic mass is 32.2. The highest BCUT2D eigenvalue weighted by molar-refractivity contribution is 7.91. The van der Waals surface area contributed by atoms with Crippen molar-refractivity contribution in [3.8, 4) is 5.75 Å². The van der Waals surface area contributed by atoms with Gasteiger partial charge in [0.25, 0.3) is 5.91 Å². The average Bonchev–Trinajstić information content (AvgIpc) is 2.96. The van der Waals surface area contributed by atoms with Gasteiger partial charge in [-0.1, -0.05) is 12.1 Å². The van der Waals surface area contributed by atoms with E-state index in [0.29, 0.717) is 18.7 Å². The number of rotatable bonds is 7. The van der Waals surface area contributed by atoms with Crippen LogP contribution in [0.5, 0.6) is 5.75 Å². The van der Waals surface area contributed by atoms with E-state index in [-0.39, 0.29) is 30.1 Å². The van der Waals surface area contributed by atoms with Gasteiger partial charge < -0.3 is 14.4 Å². The normalized spacial score (nSPS) is 19.3. The molecule has 0 N–H and O–H groups in total. The van der Waals surface area contributed by atoms with Gasteiger partial charge in [0.05, 0.1) is 11.5 Å². The van der Waals surface area contributed by atoms with E-state index in [4.69, 9.17) is 9.47 Å². The Bertz CT molecular complexity index is 804. The Hall–Kier alpha value is -2.09. The minimum atomic E-state index is -3.10. The van der Waals surface area contributed by atoms with E-state index in [9.17, 15) is 18.0 Å². The summed E-state index contributed by atoms with van der Waals surface area (Å²) in [7, 11) is -3.10. The van der Waals surface area contributed by atoms with Crippen LogP contribution in [0.2, 0.25) is 0 Å². The van der Waals surface area contributed by atoms with E-state index in [1.807, 2.05) is 26.0 Å². The molecule has 1 aromatic carbocycles. The number of amides is 1. The molecule has 0 aromatic heterocycles. The lowest BCUT2D eigenvalue weighted by atomic mass is 10.1. The van der Waals surface area contributed by atoms with Gasteiger partial charge in [0.15, 0.2) is 22.5 Å². The Labute approximate surface area is 160 Å². The third kappa shape index (κ3) is 5.45. The van der Waals surface area contributed by atoms with Gasteiger partial charge in [-0.25, -0.2) is 13.2 Å². The van der Waals surface area contributed by atoms with Crippen LogP contribution in [0.1, 0.15) is 31.4 Å². The third-order valence-corrected chi connectivity index (χ3v) is 6.58. The summed E-state index contributed by atoms with van der Waals surface area (Å²) in [4.78, 5) is 26.1. The van der Waals surface area contributed by atoms with Crippen molar-refractivity contribution >= 4 is 21.7 Å². The first-order valence-corrected chi connectivity index (χ1v) is 10.9. The fourth-order valence-corrected chi connectivity index (χ4v) is 4.88. The molecule has 1 aromatic rings. The number of carbonyl (C=O) groups excluding carboxylic acids is 2. The molecule has 2 atom stereocenters. The predicted octanol–water partition coefficient (Wildman–Crippen LogP) is 1.65. The minimum Gasteiger partial charge on any atom is -0.482 e. The first kappa shape index (κ1) is 21.2. The van der Waals surface area contributed by atoms with Gasteiger partial charge in [-0.2, -0.15) is 0 Å². The minimum absolute atomic E-state index is 0.0387. The van der Waals surface area contributed by atoms with E-state index < -0.39 is 21.9 Å². The van der Waals surface area contributed by atoms with Crippen molar-refractivity contribution in [2.24, 2.45) is 0 Å². The summed E-state index contributed by atoms with van der Waals surface area (Å²) in [6.07, 6.45) is -0.582.